The summed E-state index contributed by atoms with van der Waals surface area (Å²) in [5.74, 6) is -1.46. The van der Waals surface area contributed by atoms with Gasteiger partial charge in [-0.25, -0.2) is 4.79 Å². The van der Waals surface area contributed by atoms with Crippen LogP contribution in [0.2, 0.25) is 0 Å². The molecule has 306 valence electrons. The van der Waals surface area contributed by atoms with Crippen molar-refractivity contribution in [2.24, 2.45) is 0 Å². The molecule has 0 fully saturated rings. The Morgan fingerprint density at radius 3 is 1.10 bits per heavy atom. The molecule has 0 aromatic rings. The van der Waals surface area contributed by atoms with Gasteiger partial charge < -0.3 is 20.2 Å². The zero-order chi connectivity index (χ0) is 39.0. The van der Waals surface area contributed by atoms with Crippen molar-refractivity contribution in [2.45, 2.75) is 216 Å². The number of aliphatic hydroxyl groups excluding tert-OH is 2. The van der Waals surface area contributed by atoms with E-state index in [0.717, 1.165) is 89.9 Å². The van der Waals surface area contributed by atoms with Crippen LogP contribution in [0.1, 0.15) is 194 Å². The summed E-state index contributed by atoms with van der Waals surface area (Å²) in [6.45, 7) is 4.29. The molecule has 0 spiro atoms. The summed E-state index contributed by atoms with van der Waals surface area (Å²) in [5.41, 5.74) is 0. The molecular weight excluding hydrogens is 705 g/mol. The van der Waals surface area contributed by atoms with Crippen LogP contribution in [0, 0.1) is 0 Å². The molecule has 4 unspecified atom stereocenters. The zero-order valence-corrected chi connectivity index (χ0v) is 33.1. The minimum absolute atomic E-state index is 0.154. The van der Waals surface area contributed by atoms with E-state index in [2.05, 4.69) is 18.7 Å². The number of rotatable bonds is 34. The standard InChI is InChI=1S/C18H36O7S.C18H36O6S/c1-2-3-4-5-7-10-13-16(19)17(26(22,23)24)14-11-8-6-9-12-15-18(20)25-21;1-2-3-4-5-7-10-13-16(19)17(25(22,23)24)14-11-8-6-9-12-15-18(20)21/h16-17,19,21H,2-15H2,1H3,(H,22,23,24);16-17,19H,2-15H2,1H3,(H,20,21)(H,22,23,24). The highest BCUT2D eigenvalue weighted by Crippen LogP contribution is 2.21. The first kappa shape index (κ1) is 51.7. The van der Waals surface area contributed by atoms with Gasteiger partial charge in [0.15, 0.2) is 0 Å². The maximum Gasteiger partial charge on any atom is 0.342 e. The summed E-state index contributed by atoms with van der Waals surface area (Å²) in [4.78, 5) is 24.7. The molecule has 13 nitrogen and oxygen atoms in total. The van der Waals surface area contributed by atoms with Crippen LogP contribution in [0.25, 0.3) is 0 Å². The molecule has 0 aromatic carbocycles. The summed E-state index contributed by atoms with van der Waals surface area (Å²) < 4.78 is 64.9. The first-order valence-corrected chi connectivity index (χ1v) is 22.5. The van der Waals surface area contributed by atoms with Crippen LogP contribution in [0.5, 0.6) is 0 Å². The Bertz CT molecular complexity index is 1050. The van der Waals surface area contributed by atoms with Gasteiger partial charge in [-0.3, -0.25) is 13.9 Å². The van der Waals surface area contributed by atoms with Gasteiger partial charge in [0.05, 0.1) is 12.2 Å². The fourth-order valence-corrected chi connectivity index (χ4v) is 8.06. The number of hydrogen-bond acceptors (Lipinski definition) is 10. The lowest BCUT2D eigenvalue weighted by Gasteiger charge is -2.20. The zero-order valence-electron chi connectivity index (χ0n) is 31.5. The lowest BCUT2D eigenvalue weighted by molar-refractivity contribution is -0.234. The molecule has 0 saturated carbocycles. The highest BCUT2D eigenvalue weighted by molar-refractivity contribution is 7.86. The first-order chi connectivity index (χ1) is 24.1. The number of carbonyl (C=O) groups is 2. The van der Waals surface area contributed by atoms with Crippen molar-refractivity contribution in [1.82, 2.24) is 0 Å². The van der Waals surface area contributed by atoms with Gasteiger partial charge in [0.1, 0.15) is 10.5 Å². The van der Waals surface area contributed by atoms with Gasteiger partial charge in [-0.15, -0.1) is 0 Å². The molecular formula is C36H72O13S2. The predicted octanol–water partition coefficient (Wildman–Crippen LogP) is 8.27. The van der Waals surface area contributed by atoms with Crippen molar-refractivity contribution in [3.8, 4) is 0 Å². The summed E-state index contributed by atoms with van der Waals surface area (Å²) in [7, 11) is -8.52. The minimum Gasteiger partial charge on any atom is -0.481 e. The van der Waals surface area contributed by atoms with E-state index in [9.17, 15) is 45.7 Å². The van der Waals surface area contributed by atoms with Crippen LogP contribution < -0.4 is 0 Å². The molecule has 0 aromatic heterocycles. The Kier molecular flexibility index (Phi) is 33.7. The highest BCUT2D eigenvalue weighted by Gasteiger charge is 2.31. The second-order valence-electron chi connectivity index (χ2n) is 13.8. The van der Waals surface area contributed by atoms with Crippen molar-refractivity contribution in [3.05, 3.63) is 0 Å². The van der Waals surface area contributed by atoms with E-state index in [4.69, 9.17) is 10.4 Å². The number of carboxylic acid groups (broad SMARTS) is 1. The molecule has 0 radical (unpaired) electrons. The van der Waals surface area contributed by atoms with Crippen molar-refractivity contribution in [1.29, 1.82) is 0 Å². The number of carboxylic acids is 1. The van der Waals surface area contributed by atoms with E-state index >= 15 is 0 Å². The van der Waals surface area contributed by atoms with E-state index in [1.165, 1.54) is 25.7 Å². The van der Waals surface area contributed by atoms with Crippen LogP contribution in [-0.2, 0) is 34.7 Å². The molecule has 51 heavy (non-hydrogen) atoms. The smallest absolute Gasteiger partial charge is 0.342 e. The lowest BCUT2D eigenvalue weighted by atomic mass is 10.0. The quantitative estimate of drug-likeness (QED) is 0.0156. The average Bonchev–Trinajstić information content (AvgIpc) is 3.05. The SMILES string of the molecule is CCCCCCCCC(O)C(CCCCCCCC(=O)O)S(=O)(=O)O.CCCCCCCCC(O)C(CCCCCCCC(=O)OO)S(=O)(=O)O. The van der Waals surface area contributed by atoms with Crippen LogP contribution in [-0.4, -0.2) is 81.2 Å². The normalized spacial score (nSPS) is 14.3. The van der Waals surface area contributed by atoms with Crippen LogP contribution in [0.3, 0.4) is 0 Å². The molecule has 15 heteroatoms. The van der Waals surface area contributed by atoms with E-state index in [1.54, 1.807) is 0 Å². The average molecular weight is 777 g/mol. The van der Waals surface area contributed by atoms with Gasteiger partial charge in [0, 0.05) is 12.8 Å². The Hall–Kier alpha value is -1.36. The minimum atomic E-state index is -4.27. The van der Waals surface area contributed by atoms with Crippen molar-refractivity contribution < 1.29 is 61.0 Å². The highest BCUT2D eigenvalue weighted by atomic mass is 32.2. The van der Waals surface area contributed by atoms with E-state index in [-0.39, 0.29) is 25.7 Å². The molecule has 0 heterocycles. The number of aliphatic carboxylic acids is 1. The maximum absolute atomic E-state index is 11.5. The summed E-state index contributed by atoms with van der Waals surface area (Å²) in [6, 6.07) is 0. The van der Waals surface area contributed by atoms with Gasteiger partial charge in [-0.1, -0.05) is 142 Å². The van der Waals surface area contributed by atoms with Crippen molar-refractivity contribution in [3.63, 3.8) is 0 Å². The molecule has 0 amide bonds. The van der Waals surface area contributed by atoms with Gasteiger partial charge in [0.2, 0.25) is 0 Å². The Balaban J connectivity index is 0. The molecule has 0 aliphatic rings. The molecule has 0 aliphatic carbocycles. The molecule has 0 bridgehead atoms. The van der Waals surface area contributed by atoms with E-state index < -0.39 is 54.9 Å². The second kappa shape index (κ2) is 33.2. The molecule has 0 aliphatic heterocycles. The fraction of sp³-hybridized carbons (Fsp3) is 0.944. The van der Waals surface area contributed by atoms with Gasteiger partial charge >= 0.3 is 11.9 Å². The largest absolute Gasteiger partial charge is 0.481 e. The fourth-order valence-electron chi connectivity index (χ4n) is 6.06. The number of hydrogen-bond donors (Lipinski definition) is 6. The topological polar surface area (TPSA) is 233 Å². The van der Waals surface area contributed by atoms with Crippen LogP contribution in [0.4, 0.5) is 0 Å². The van der Waals surface area contributed by atoms with Gasteiger partial charge in [-0.05, 0) is 38.5 Å². The third-order valence-corrected chi connectivity index (χ3v) is 11.8. The van der Waals surface area contributed by atoms with Crippen LogP contribution in [0.15, 0.2) is 0 Å². The predicted molar refractivity (Wildman–Crippen MR) is 200 cm³/mol. The Labute approximate surface area is 308 Å². The summed E-state index contributed by atoms with van der Waals surface area (Å²) in [5, 5.41) is 34.7. The molecule has 6 N–H and O–H groups in total. The summed E-state index contributed by atoms with van der Waals surface area (Å²) in [6.07, 6.45) is 19.4. The lowest BCUT2D eigenvalue weighted by Crippen LogP contribution is -2.33. The number of unbranched alkanes of at least 4 members (excludes halogenated alkanes) is 18. The first-order valence-electron chi connectivity index (χ1n) is 19.5. The van der Waals surface area contributed by atoms with Gasteiger partial charge in [-0.2, -0.15) is 22.1 Å². The monoisotopic (exact) mass is 776 g/mol. The maximum atomic E-state index is 11.5. The number of aliphatic hydroxyl groups is 2. The van der Waals surface area contributed by atoms with Crippen LogP contribution >= 0.6 is 0 Å². The van der Waals surface area contributed by atoms with E-state index in [0.29, 0.717) is 38.5 Å². The summed E-state index contributed by atoms with van der Waals surface area (Å²) >= 11 is 0. The van der Waals surface area contributed by atoms with Gasteiger partial charge in [0.25, 0.3) is 20.2 Å². The second-order valence-corrected chi connectivity index (χ2v) is 17.1. The third-order valence-electron chi connectivity index (χ3n) is 9.18. The Morgan fingerprint density at radius 2 is 0.784 bits per heavy atom. The Morgan fingerprint density at radius 1 is 0.490 bits per heavy atom. The molecule has 0 rings (SSSR count). The third kappa shape index (κ3) is 33.0. The van der Waals surface area contributed by atoms with Crippen molar-refractivity contribution in [2.75, 3.05) is 0 Å². The molecule has 0 saturated heterocycles. The number of carbonyl (C=O) groups excluding carboxylic acids is 1. The molecule has 4 atom stereocenters. The van der Waals surface area contributed by atoms with E-state index in [1.807, 2.05) is 0 Å². The van der Waals surface area contributed by atoms with Crippen molar-refractivity contribution >= 4 is 32.2 Å².